The highest BCUT2D eigenvalue weighted by Gasteiger charge is 2.36. The van der Waals surface area contributed by atoms with Gasteiger partial charge in [0, 0.05) is 0 Å². The van der Waals surface area contributed by atoms with Crippen molar-refractivity contribution in [2.24, 2.45) is 5.14 Å². The fraction of sp³-hybridized carbons (Fsp3) is 0.571. The van der Waals surface area contributed by atoms with Crippen LogP contribution in [0.25, 0.3) is 0 Å². The Morgan fingerprint density at radius 2 is 1.94 bits per heavy atom. The minimum atomic E-state index is -3.85. The van der Waals surface area contributed by atoms with Crippen LogP contribution in [-0.4, -0.2) is 27.1 Å². The molecule has 3 N–H and O–H groups in total. The van der Waals surface area contributed by atoms with Gasteiger partial charge in [0.15, 0.2) is 9.34 Å². The second-order valence-electron chi connectivity index (χ2n) is 3.78. The van der Waals surface area contributed by atoms with Gasteiger partial charge in [-0.1, -0.05) is 11.3 Å². The van der Waals surface area contributed by atoms with Gasteiger partial charge in [-0.3, -0.25) is 4.72 Å². The number of nitrogens with one attached hydrogen (secondary N) is 1. The summed E-state index contributed by atoms with van der Waals surface area (Å²) < 4.78 is 47.7. The van der Waals surface area contributed by atoms with Crippen LogP contribution in [0.1, 0.15) is 18.5 Å². The summed E-state index contributed by atoms with van der Waals surface area (Å²) in [5.41, 5.74) is 0.200. The molecule has 0 atom stereocenters. The topological polar surface area (TPSA) is 119 Å². The number of aryl methyl sites for hydroxylation is 1. The quantitative estimate of drug-likeness (QED) is 0.811. The van der Waals surface area contributed by atoms with Crippen molar-refractivity contribution in [2.45, 2.75) is 29.2 Å². The first kappa shape index (κ1) is 12.7. The van der Waals surface area contributed by atoms with E-state index in [4.69, 9.17) is 5.14 Å². The molecule has 7 nitrogen and oxygen atoms in total. The lowest BCUT2D eigenvalue weighted by atomic mass is 10.6. The third-order valence-electron chi connectivity index (χ3n) is 2.21. The van der Waals surface area contributed by atoms with E-state index in [1.54, 1.807) is 0 Å². The fourth-order valence-electron chi connectivity index (χ4n) is 1.27. The largest absolute Gasteiger partial charge is 0.258 e. The zero-order valence-electron chi connectivity index (χ0n) is 8.87. The van der Waals surface area contributed by atoms with E-state index in [-0.39, 0.29) is 20.3 Å². The maximum Gasteiger partial charge on any atom is 0.249 e. The summed E-state index contributed by atoms with van der Waals surface area (Å²) in [6.45, 7) is 1.46. The minimum absolute atomic E-state index is 0.0402. The van der Waals surface area contributed by atoms with E-state index in [1.807, 2.05) is 0 Å². The van der Waals surface area contributed by atoms with E-state index in [9.17, 15) is 16.8 Å². The summed E-state index contributed by atoms with van der Waals surface area (Å²) >= 11 is 0.724. The Morgan fingerprint density at radius 3 is 2.35 bits per heavy atom. The van der Waals surface area contributed by atoms with E-state index in [0.717, 1.165) is 11.3 Å². The van der Waals surface area contributed by atoms with Crippen molar-refractivity contribution in [1.29, 1.82) is 0 Å². The molecule has 1 aliphatic carbocycles. The van der Waals surface area contributed by atoms with Crippen molar-refractivity contribution in [3.8, 4) is 0 Å². The first-order chi connectivity index (χ1) is 7.70. The average Bonchev–Trinajstić information content (AvgIpc) is 2.90. The third-order valence-corrected chi connectivity index (χ3v) is 6.79. The highest BCUT2D eigenvalue weighted by Crippen LogP contribution is 2.32. The Hall–Kier alpha value is -0.710. The fourth-order valence-corrected chi connectivity index (χ4v) is 4.71. The van der Waals surface area contributed by atoms with Crippen molar-refractivity contribution >= 4 is 36.5 Å². The van der Waals surface area contributed by atoms with Crippen molar-refractivity contribution in [1.82, 2.24) is 4.98 Å². The van der Waals surface area contributed by atoms with Gasteiger partial charge >= 0.3 is 0 Å². The first-order valence-electron chi connectivity index (χ1n) is 4.72. The smallest absolute Gasteiger partial charge is 0.249 e. The SMILES string of the molecule is Cc1nc(NS(=O)(=O)C2CC2)sc1S(N)(=O)=O. The summed E-state index contributed by atoms with van der Waals surface area (Å²) in [4.78, 5) is 3.84. The molecule has 0 unspecified atom stereocenters. The Bertz CT molecular complexity index is 642. The first-order valence-corrected chi connectivity index (χ1v) is 8.63. The molecule has 0 bridgehead atoms. The Balaban J connectivity index is 2.30. The number of hydrogen-bond donors (Lipinski definition) is 2. The summed E-state index contributed by atoms with van der Waals surface area (Å²) in [5, 5.41) is 4.63. The van der Waals surface area contributed by atoms with Crippen LogP contribution < -0.4 is 9.86 Å². The molecule has 0 aliphatic heterocycles. The Morgan fingerprint density at radius 1 is 1.35 bits per heavy atom. The molecule has 1 heterocycles. The lowest BCUT2D eigenvalue weighted by Crippen LogP contribution is -2.17. The number of nitrogens with zero attached hydrogens (tertiary/aromatic N) is 1. The number of sulfonamides is 2. The van der Waals surface area contributed by atoms with Crippen LogP contribution in [0.3, 0.4) is 0 Å². The van der Waals surface area contributed by atoms with Gasteiger partial charge in [0.05, 0.1) is 10.9 Å². The van der Waals surface area contributed by atoms with Crippen LogP contribution in [0.2, 0.25) is 0 Å². The molecule has 10 heteroatoms. The van der Waals surface area contributed by atoms with E-state index in [0.29, 0.717) is 12.8 Å². The van der Waals surface area contributed by atoms with Gasteiger partial charge in [0.1, 0.15) is 0 Å². The molecular formula is C7H11N3O4S3. The molecule has 1 fully saturated rings. The van der Waals surface area contributed by atoms with E-state index in [1.165, 1.54) is 6.92 Å². The second kappa shape index (κ2) is 3.90. The Labute approximate surface area is 103 Å². The number of anilines is 1. The number of aromatic nitrogens is 1. The minimum Gasteiger partial charge on any atom is -0.258 e. The number of nitrogens with two attached hydrogens (primary N) is 1. The molecule has 0 saturated heterocycles. The van der Waals surface area contributed by atoms with Crippen molar-refractivity contribution in [3.05, 3.63) is 5.69 Å². The molecule has 96 valence electrons. The number of hydrogen-bond acceptors (Lipinski definition) is 6. The van der Waals surface area contributed by atoms with Crippen molar-refractivity contribution < 1.29 is 16.8 Å². The van der Waals surface area contributed by atoms with Crippen LogP contribution in [0, 0.1) is 6.92 Å². The van der Waals surface area contributed by atoms with E-state index >= 15 is 0 Å². The van der Waals surface area contributed by atoms with Crippen LogP contribution in [0.4, 0.5) is 5.13 Å². The lowest BCUT2D eigenvalue weighted by Gasteiger charge is -2.01. The number of primary sulfonamides is 1. The maximum atomic E-state index is 11.6. The second-order valence-corrected chi connectivity index (χ2v) is 8.50. The van der Waals surface area contributed by atoms with Crippen LogP contribution in [0.15, 0.2) is 4.21 Å². The molecule has 1 saturated carbocycles. The molecule has 0 aromatic carbocycles. The molecular weight excluding hydrogens is 286 g/mol. The van der Waals surface area contributed by atoms with Crippen LogP contribution >= 0.6 is 11.3 Å². The van der Waals surface area contributed by atoms with Gasteiger partial charge in [-0.2, -0.15) is 0 Å². The third kappa shape index (κ3) is 2.76. The zero-order chi connectivity index (χ0) is 12.8. The molecule has 2 rings (SSSR count). The predicted octanol–water partition coefficient (Wildman–Crippen LogP) is 0.00302. The van der Waals surface area contributed by atoms with E-state index < -0.39 is 20.0 Å². The van der Waals surface area contributed by atoms with Gasteiger partial charge in [0.25, 0.3) is 0 Å². The van der Waals surface area contributed by atoms with Gasteiger partial charge in [0.2, 0.25) is 20.0 Å². The lowest BCUT2D eigenvalue weighted by molar-refractivity contribution is 0.598. The van der Waals surface area contributed by atoms with Gasteiger partial charge in [-0.25, -0.2) is 27.0 Å². The normalized spacial score (nSPS) is 17.1. The van der Waals surface area contributed by atoms with Gasteiger partial charge in [-0.15, -0.1) is 0 Å². The summed E-state index contributed by atoms with van der Waals surface area (Å²) in [6.07, 6.45) is 1.25. The number of rotatable bonds is 4. The molecule has 1 aromatic rings. The molecule has 0 radical (unpaired) electrons. The highest BCUT2D eigenvalue weighted by atomic mass is 32.2. The molecule has 17 heavy (non-hydrogen) atoms. The van der Waals surface area contributed by atoms with Crippen molar-refractivity contribution in [2.75, 3.05) is 4.72 Å². The molecule has 0 amide bonds. The van der Waals surface area contributed by atoms with Crippen molar-refractivity contribution in [3.63, 3.8) is 0 Å². The van der Waals surface area contributed by atoms with Gasteiger partial charge < -0.3 is 0 Å². The Kier molecular flexibility index (Phi) is 2.92. The predicted molar refractivity (Wildman–Crippen MR) is 63.8 cm³/mol. The van der Waals surface area contributed by atoms with E-state index in [2.05, 4.69) is 9.71 Å². The molecule has 0 spiro atoms. The summed E-state index contributed by atoms with van der Waals surface area (Å²) in [5.74, 6) is 0. The van der Waals surface area contributed by atoms with Crippen LogP contribution in [-0.2, 0) is 20.0 Å². The standard InChI is InChI=1S/C7H11N3O4S3/c1-4-6(16(8,11)12)15-7(9-4)10-17(13,14)5-2-3-5/h5H,2-3H2,1H3,(H,9,10)(H2,8,11,12). The number of thiazole rings is 1. The van der Waals surface area contributed by atoms with Crippen LogP contribution in [0.5, 0.6) is 0 Å². The molecule has 1 aromatic heterocycles. The zero-order valence-corrected chi connectivity index (χ0v) is 11.3. The highest BCUT2D eigenvalue weighted by molar-refractivity contribution is 7.94. The summed E-state index contributed by atoms with van der Waals surface area (Å²) in [6, 6.07) is 0. The average molecular weight is 297 g/mol. The molecule has 1 aliphatic rings. The van der Waals surface area contributed by atoms with Gasteiger partial charge in [-0.05, 0) is 19.8 Å². The monoisotopic (exact) mass is 297 g/mol. The maximum absolute atomic E-state index is 11.6. The summed E-state index contributed by atoms with van der Waals surface area (Å²) in [7, 11) is -7.28.